The number of nitrogens with zero attached hydrogens (tertiary/aromatic N) is 1. The van der Waals surface area contributed by atoms with E-state index < -0.39 is 0 Å². The number of hydrogen-bond donors (Lipinski definition) is 0. The zero-order valence-corrected chi connectivity index (χ0v) is 10.3. The van der Waals surface area contributed by atoms with Crippen LogP contribution in [-0.4, -0.2) is 31.4 Å². The minimum absolute atomic E-state index is 0.275. The van der Waals surface area contributed by atoms with E-state index in [0.717, 1.165) is 44.5 Å². The van der Waals surface area contributed by atoms with Crippen LogP contribution in [0.15, 0.2) is 24.3 Å². The van der Waals surface area contributed by atoms with Gasteiger partial charge in [0.2, 0.25) is 0 Å². The van der Waals surface area contributed by atoms with Crippen molar-refractivity contribution in [1.82, 2.24) is 4.90 Å². The summed E-state index contributed by atoms with van der Waals surface area (Å²) in [7, 11) is 1.69. The fraction of sp³-hybridized carbons (Fsp3) is 0.500. The van der Waals surface area contributed by atoms with E-state index in [2.05, 4.69) is 17.0 Å². The zero-order valence-electron chi connectivity index (χ0n) is 10.3. The second-order valence-electron chi connectivity index (χ2n) is 4.60. The molecule has 1 aliphatic heterocycles. The quantitative estimate of drug-likeness (QED) is 0.746. The molecule has 3 heteroatoms. The van der Waals surface area contributed by atoms with Gasteiger partial charge in [-0.2, -0.15) is 0 Å². The summed E-state index contributed by atoms with van der Waals surface area (Å²) in [5.74, 6) is 1.18. The van der Waals surface area contributed by atoms with Crippen LogP contribution in [0.2, 0.25) is 0 Å². The summed E-state index contributed by atoms with van der Waals surface area (Å²) in [4.78, 5) is 13.1. The number of aldehydes is 1. The van der Waals surface area contributed by atoms with Crippen molar-refractivity contribution in [2.24, 2.45) is 5.92 Å². The van der Waals surface area contributed by atoms with Gasteiger partial charge in [0, 0.05) is 12.5 Å². The van der Waals surface area contributed by atoms with Crippen LogP contribution in [-0.2, 0) is 11.3 Å². The summed E-state index contributed by atoms with van der Waals surface area (Å²) in [5, 5.41) is 0. The molecule has 0 aliphatic carbocycles. The molecule has 1 heterocycles. The highest BCUT2D eigenvalue weighted by Crippen LogP contribution is 2.19. The maximum atomic E-state index is 10.7. The van der Waals surface area contributed by atoms with Crippen LogP contribution in [0.3, 0.4) is 0 Å². The van der Waals surface area contributed by atoms with Crippen LogP contribution in [0, 0.1) is 5.92 Å². The van der Waals surface area contributed by atoms with Crippen LogP contribution in [0.4, 0.5) is 0 Å². The van der Waals surface area contributed by atoms with E-state index in [1.165, 1.54) is 5.56 Å². The van der Waals surface area contributed by atoms with Gasteiger partial charge in [0.25, 0.3) is 0 Å². The molecule has 2 rings (SSSR count). The van der Waals surface area contributed by atoms with Gasteiger partial charge in [-0.3, -0.25) is 4.90 Å². The van der Waals surface area contributed by atoms with E-state index in [1.807, 2.05) is 12.1 Å². The molecule has 17 heavy (non-hydrogen) atoms. The lowest BCUT2D eigenvalue weighted by atomic mass is 9.98. The fourth-order valence-corrected chi connectivity index (χ4v) is 2.28. The van der Waals surface area contributed by atoms with Crippen molar-refractivity contribution < 1.29 is 9.53 Å². The van der Waals surface area contributed by atoms with Crippen LogP contribution in [0.1, 0.15) is 18.4 Å². The maximum Gasteiger partial charge on any atom is 0.123 e. The minimum atomic E-state index is 0.275. The number of rotatable bonds is 4. The number of piperidine rings is 1. The molecule has 1 aromatic rings. The van der Waals surface area contributed by atoms with Crippen molar-refractivity contribution in [2.75, 3.05) is 20.2 Å². The highest BCUT2D eigenvalue weighted by atomic mass is 16.5. The lowest BCUT2D eigenvalue weighted by Gasteiger charge is -2.29. The van der Waals surface area contributed by atoms with Crippen LogP contribution >= 0.6 is 0 Å². The van der Waals surface area contributed by atoms with E-state index in [0.29, 0.717) is 0 Å². The van der Waals surface area contributed by atoms with E-state index in [4.69, 9.17) is 4.74 Å². The molecule has 0 amide bonds. The van der Waals surface area contributed by atoms with Gasteiger partial charge in [-0.15, -0.1) is 0 Å². The van der Waals surface area contributed by atoms with Crippen molar-refractivity contribution in [3.05, 3.63) is 29.8 Å². The topological polar surface area (TPSA) is 29.5 Å². The molecule has 0 saturated carbocycles. The zero-order chi connectivity index (χ0) is 12.1. The molecule has 0 spiro atoms. The molecular formula is C14H19NO2. The van der Waals surface area contributed by atoms with Gasteiger partial charge < -0.3 is 9.53 Å². The maximum absolute atomic E-state index is 10.7. The molecular weight excluding hydrogens is 214 g/mol. The average molecular weight is 233 g/mol. The van der Waals surface area contributed by atoms with Gasteiger partial charge >= 0.3 is 0 Å². The normalized spacial score (nSPS) is 17.9. The molecule has 3 nitrogen and oxygen atoms in total. The molecule has 0 radical (unpaired) electrons. The molecule has 1 aromatic carbocycles. The van der Waals surface area contributed by atoms with Crippen molar-refractivity contribution in [2.45, 2.75) is 19.4 Å². The number of ether oxygens (including phenoxy) is 1. The molecule has 92 valence electrons. The second kappa shape index (κ2) is 5.82. The third-order valence-electron chi connectivity index (χ3n) is 3.37. The molecule has 0 atom stereocenters. The Morgan fingerprint density at radius 3 is 2.82 bits per heavy atom. The summed E-state index contributed by atoms with van der Waals surface area (Å²) >= 11 is 0. The number of likely N-dealkylation sites (tertiary alicyclic amines) is 1. The summed E-state index contributed by atoms with van der Waals surface area (Å²) < 4.78 is 5.21. The van der Waals surface area contributed by atoms with E-state index in [9.17, 15) is 4.79 Å². The van der Waals surface area contributed by atoms with Crippen LogP contribution in [0.25, 0.3) is 0 Å². The van der Waals surface area contributed by atoms with Crippen molar-refractivity contribution in [1.29, 1.82) is 0 Å². The Morgan fingerprint density at radius 2 is 2.18 bits per heavy atom. The molecule has 1 saturated heterocycles. The smallest absolute Gasteiger partial charge is 0.123 e. The third kappa shape index (κ3) is 3.30. The minimum Gasteiger partial charge on any atom is -0.497 e. The predicted molar refractivity (Wildman–Crippen MR) is 67.1 cm³/mol. The largest absolute Gasteiger partial charge is 0.497 e. The van der Waals surface area contributed by atoms with E-state index >= 15 is 0 Å². The summed E-state index contributed by atoms with van der Waals surface area (Å²) in [6, 6.07) is 8.18. The second-order valence-corrected chi connectivity index (χ2v) is 4.60. The van der Waals surface area contributed by atoms with Crippen molar-refractivity contribution >= 4 is 6.29 Å². The first-order valence-corrected chi connectivity index (χ1v) is 6.12. The molecule has 0 N–H and O–H groups in total. The Balaban J connectivity index is 1.90. The van der Waals surface area contributed by atoms with Crippen molar-refractivity contribution in [3.8, 4) is 5.75 Å². The van der Waals surface area contributed by atoms with Crippen molar-refractivity contribution in [3.63, 3.8) is 0 Å². The summed E-state index contributed by atoms with van der Waals surface area (Å²) in [5.41, 5.74) is 1.27. The first-order chi connectivity index (χ1) is 8.31. The van der Waals surface area contributed by atoms with E-state index in [-0.39, 0.29) is 5.92 Å². The molecule has 0 unspecified atom stereocenters. The lowest BCUT2D eigenvalue weighted by Crippen LogP contribution is -2.33. The number of methoxy groups -OCH3 is 1. The Hall–Kier alpha value is -1.35. The van der Waals surface area contributed by atoms with E-state index in [1.54, 1.807) is 7.11 Å². The van der Waals surface area contributed by atoms with Crippen LogP contribution in [0.5, 0.6) is 5.75 Å². The third-order valence-corrected chi connectivity index (χ3v) is 3.37. The molecule has 0 bridgehead atoms. The average Bonchev–Trinajstić information content (AvgIpc) is 2.40. The Kier molecular flexibility index (Phi) is 4.15. The standard InChI is InChI=1S/C14H19NO2/c1-17-14-4-2-3-13(9-14)10-15-7-5-12(11-16)6-8-15/h2-4,9,11-12H,5-8,10H2,1H3. The fourth-order valence-electron chi connectivity index (χ4n) is 2.28. The Morgan fingerprint density at radius 1 is 1.41 bits per heavy atom. The summed E-state index contributed by atoms with van der Waals surface area (Å²) in [6.07, 6.45) is 3.09. The molecule has 1 aliphatic rings. The number of hydrogen-bond acceptors (Lipinski definition) is 3. The van der Waals surface area contributed by atoms with Gasteiger partial charge in [-0.05, 0) is 43.6 Å². The monoisotopic (exact) mass is 233 g/mol. The van der Waals surface area contributed by atoms with Gasteiger partial charge in [0.1, 0.15) is 12.0 Å². The van der Waals surface area contributed by atoms with Gasteiger partial charge in [-0.25, -0.2) is 0 Å². The lowest BCUT2D eigenvalue weighted by molar-refractivity contribution is -0.112. The van der Waals surface area contributed by atoms with Crippen LogP contribution < -0.4 is 4.74 Å². The highest BCUT2D eigenvalue weighted by Gasteiger charge is 2.18. The van der Waals surface area contributed by atoms with Gasteiger partial charge in [0.15, 0.2) is 0 Å². The first kappa shape index (κ1) is 12.1. The summed E-state index contributed by atoms with van der Waals surface area (Å²) in [6.45, 7) is 2.98. The number of benzene rings is 1. The predicted octanol–water partition coefficient (Wildman–Crippen LogP) is 2.11. The SMILES string of the molecule is COc1cccc(CN2CCC(C=O)CC2)c1. The van der Waals surface area contributed by atoms with Gasteiger partial charge in [-0.1, -0.05) is 12.1 Å². The molecule has 0 aromatic heterocycles. The van der Waals surface area contributed by atoms with Gasteiger partial charge in [0.05, 0.1) is 7.11 Å². The highest BCUT2D eigenvalue weighted by molar-refractivity contribution is 5.53. The number of carbonyl (C=O) groups is 1. The molecule has 1 fully saturated rings. The Labute approximate surface area is 102 Å². The first-order valence-electron chi connectivity index (χ1n) is 6.12. The Bertz CT molecular complexity index is 370. The number of carbonyl (C=O) groups excluding carboxylic acids is 1.